The number of amides is 1. The molecule has 0 aromatic heterocycles. The van der Waals surface area contributed by atoms with E-state index >= 15 is 0 Å². The maximum Gasteiger partial charge on any atom is 0.266 e. The molecule has 7 heteroatoms. The number of oxime groups is 1. The zero-order chi connectivity index (χ0) is 22.1. The van der Waals surface area contributed by atoms with E-state index < -0.39 is 6.10 Å². The van der Waals surface area contributed by atoms with Crippen molar-refractivity contribution < 1.29 is 19.1 Å². The second-order valence-electron chi connectivity index (χ2n) is 7.41. The molecule has 31 heavy (non-hydrogen) atoms. The zero-order valence-electron chi connectivity index (χ0n) is 18.5. The summed E-state index contributed by atoms with van der Waals surface area (Å²) in [5, 5.41) is 4.00. The molecule has 1 heterocycles. The highest BCUT2D eigenvalue weighted by molar-refractivity contribution is 5.82. The number of piperazine rings is 1. The van der Waals surface area contributed by atoms with Crippen LogP contribution in [0.4, 0.5) is 0 Å². The molecule has 1 saturated heterocycles. The van der Waals surface area contributed by atoms with Crippen molar-refractivity contribution in [2.24, 2.45) is 5.16 Å². The van der Waals surface area contributed by atoms with Gasteiger partial charge in [-0.3, -0.25) is 9.69 Å². The van der Waals surface area contributed by atoms with Gasteiger partial charge in [0.2, 0.25) is 6.10 Å². The molecule has 0 bridgehead atoms. The average molecular weight is 426 g/mol. The van der Waals surface area contributed by atoms with Crippen LogP contribution in [0, 0.1) is 0 Å². The molecule has 2 aromatic carbocycles. The monoisotopic (exact) mass is 425 g/mol. The molecule has 1 amide bonds. The molecular formula is C24H31N3O4. The Labute approximate surface area is 184 Å². The summed E-state index contributed by atoms with van der Waals surface area (Å²) < 4.78 is 10.8. The molecule has 0 N–H and O–H groups in total. The second kappa shape index (κ2) is 11.4. The van der Waals surface area contributed by atoms with E-state index in [1.807, 2.05) is 36.1 Å². The van der Waals surface area contributed by atoms with Crippen LogP contribution in [0.1, 0.15) is 25.0 Å². The van der Waals surface area contributed by atoms with E-state index in [-0.39, 0.29) is 5.91 Å². The molecule has 0 aliphatic carbocycles. The van der Waals surface area contributed by atoms with Crippen LogP contribution >= 0.6 is 0 Å². The Balaban J connectivity index is 1.46. The highest BCUT2D eigenvalue weighted by atomic mass is 16.6. The first kappa shape index (κ1) is 22.6. The van der Waals surface area contributed by atoms with Gasteiger partial charge in [0.1, 0.15) is 0 Å². The predicted octanol–water partition coefficient (Wildman–Crippen LogP) is 3.18. The molecule has 1 fully saturated rings. The molecule has 0 saturated carbocycles. The Morgan fingerprint density at radius 3 is 2.52 bits per heavy atom. The Kier molecular flexibility index (Phi) is 8.29. The van der Waals surface area contributed by atoms with Gasteiger partial charge in [-0.05, 0) is 37.6 Å². The molecule has 0 unspecified atom stereocenters. The smallest absolute Gasteiger partial charge is 0.266 e. The molecule has 3 rings (SSSR count). The summed E-state index contributed by atoms with van der Waals surface area (Å²) in [6, 6.07) is 15.9. The predicted molar refractivity (Wildman–Crippen MR) is 121 cm³/mol. The van der Waals surface area contributed by atoms with Gasteiger partial charge in [0.25, 0.3) is 5.91 Å². The normalized spacial score (nSPS) is 15.6. The lowest BCUT2D eigenvalue weighted by Gasteiger charge is -2.35. The Morgan fingerprint density at radius 2 is 1.84 bits per heavy atom. The van der Waals surface area contributed by atoms with E-state index in [4.69, 9.17) is 14.3 Å². The number of benzene rings is 2. The molecule has 7 nitrogen and oxygen atoms in total. The Morgan fingerprint density at radius 1 is 1.10 bits per heavy atom. The summed E-state index contributed by atoms with van der Waals surface area (Å²) in [5.41, 5.74) is 2.09. The fourth-order valence-electron chi connectivity index (χ4n) is 3.49. The van der Waals surface area contributed by atoms with Crippen LogP contribution in [0.2, 0.25) is 0 Å². The van der Waals surface area contributed by atoms with E-state index in [9.17, 15) is 4.79 Å². The number of ether oxygens (including phenoxy) is 2. The number of methoxy groups -OCH3 is 1. The van der Waals surface area contributed by atoms with E-state index in [2.05, 4.69) is 34.3 Å². The molecule has 1 atom stereocenters. The van der Waals surface area contributed by atoms with Crippen LogP contribution in [0.15, 0.2) is 53.7 Å². The van der Waals surface area contributed by atoms with Gasteiger partial charge in [0.15, 0.2) is 11.5 Å². The van der Waals surface area contributed by atoms with Crippen molar-refractivity contribution in [3.63, 3.8) is 0 Å². The van der Waals surface area contributed by atoms with Gasteiger partial charge >= 0.3 is 0 Å². The van der Waals surface area contributed by atoms with Gasteiger partial charge in [0.05, 0.1) is 19.9 Å². The maximum atomic E-state index is 12.7. The lowest BCUT2D eigenvalue weighted by atomic mass is 10.2. The van der Waals surface area contributed by atoms with Gasteiger partial charge in [0, 0.05) is 38.3 Å². The third-order valence-corrected chi connectivity index (χ3v) is 5.19. The summed E-state index contributed by atoms with van der Waals surface area (Å²) in [7, 11) is 1.59. The number of hydrogen-bond acceptors (Lipinski definition) is 6. The Hall–Kier alpha value is -3.06. The largest absolute Gasteiger partial charge is 0.493 e. The van der Waals surface area contributed by atoms with Crippen LogP contribution in [0.5, 0.6) is 11.5 Å². The van der Waals surface area contributed by atoms with Crippen LogP contribution < -0.4 is 9.47 Å². The third kappa shape index (κ3) is 6.46. The van der Waals surface area contributed by atoms with Crippen molar-refractivity contribution in [1.82, 2.24) is 9.80 Å². The van der Waals surface area contributed by atoms with Crippen LogP contribution in [0.25, 0.3) is 0 Å². The number of carbonyl (C=O) groups is 1. The number of nitrogens with zero attached hydrogens (tertiary/aromatic N) is 3. The maximum absolute atomic E-state index is 12.7. The first-order valence-corrected chi connectivity index (χ1v) is 10.7. The third-order valence-electron chi connectivity index (χ3n) is 5.19. The second-order valence-corrected chi connectivity index (χ2v) is 7.41. The van der Waals surface area contributed by atoms with E-state index in [1.54, 1.807) is 20.2 Å². The average Bonchev–Trinajstić information content (AvgIpc) is 2.80. The standard InChI is InChI=1S/C24H31N3O4/c1-4-30-22-11-10-21(16-23(22)29-3)17-25-31-19(2)24(28)27-14-12-26(13-15-27)18-20-8-6-5-7-9-20/h5-11,16-17,19H,4,12-15,18H2,1-3H3/b25-17-/t19-/m1/s1. The molecular weight excluding hydrogens is 394 g/mol. The topological polar surface area (TPSA) is 63.6 Å². The highest BCUT2D eigenvalue weighted by Gasteiger charge is 2.26. The van der Waals surface area contributed by atoms with Gasteiger partial charge < -0.3 is 19.2 Å². The molecule has 2 aromatic rings. The molecule has 0 spiro atoms. The minimum Gasteiger partial charge on any atom is -0.493 e. The zero-order valence-corrected chi connectivity index (χ0v) is 18.5. The van der Waals surface area contributed by atoms with Gasteiger partial charge in [-0.15, -0.1) is 0 Å². The van der Waals surface area contributed by atoms with E-state index in [0.29, 0.717) is 31.2 Å². The number of hydrogen-bond donors (Lipinski definition) is 0. The fourth-order valence-corrected chi connectivity index (χ4v) is 3.49. The van der Waals surface area contributed by atoms with Crippen molar-refractivity contribution in [3.8, 4) is 11.5 Å². The quantitative estimate of drug-likeness (QED) is 0.456. The van der Waals surface area contributed by atoms with Gasteiger partial charge in [-0.1, -0.05) is 35.5 Å². The number of rotatable bonds is 9. The first-order valence-electron chi connectivity index (χ1n) is 10.7. The fraction of sp³-hybridized carbons (Fsp3) is 0.417. The molecule has 0 radical (unpaired) electrons. The molecule has 1 aliphatic rings. The van der Waals surface area contributed by atoms with Gasteiger partial charge in [-0.2, -0.15) is 0 Å². The van der Waals surface area contributed by atoms with Gasteiger partial charge in [-0.25, -0.2) is 0 Å². The van der Waals surface area contributed by atoms with Crippen molar-refractivity contribution in [1.29, 1.82) is 0 Å². The summed E-state index contributed by atoms with van der Waals surface area (Å²) >= 11 is 0. The van der Waals surface area contributed by atoms with Crippen LogP contribution in [-0.2, 0) is 16.2 Å². The van der Waals surface area contributed by atoms with Crippen LogP contribution in [-0.4, -0.2) is 67.9 Å². The van der Waals surface area contributed by atoms with Crippen LogP contribution in [0.3, 0.4) is 0 Å². The van der Waals surface area contributed by atoms with E-state index in [0.717, 1.165) is 25.2 Å². The highest BCUT2D eigenvalue weighted by Crippen LogP contribution is 2.27. The Bertz CT molecular complexity index is 864. The summed E-state index contributed by atoms with van der Waals surface area (Å²) in [6.45, 7) is 8.21. The number of carbonyl (C=O) groups excluding carboxylic acids is 1. The van der Waals surface area contributed by atoms with Crippen molar-refractivity contribution in [3.05, 3.63) is 59.7 Å². The summed E-state index contributed by atoms with van der Waals surface area (Å²) in [6.07, 6.45) is 0.932. The lowest BCUT2D eigenvalue weighted by molar-refractivity contribution is -0.144. The van der Waals surface area contributed by atoms with Crippen molar-refractivity contribution in [2.45, 2.75) is 26.5 Å². The van der Waals surface area contributed by atoms with Crippen molar-refractivity contribution >= 4 is 12.1 Å². The minimum absolute atomic E-state index is 0.0409. The first-order chi connectivity index (χ1) is 15.1. The van der Waals surface area contributed by atoms with Crippen molar-refractivity contribution in [2.75, 3.05) is 39.9 Å². The molecule has 166 valence electrons. The SMILES string of the molecule is CCOc1ccc(/C=N\O[C@H](C)C(=O)N2CCN(Cc3ccccc3)CC2)cc1OC. The minimum atomic E-state index is -0.637. The lowest BCUT2D eigenvalue weighted by Crippen LogP contribution is -2.50. The summed E-state index contributed by atoms with van der Waals surface area (Å²) in [4.78, 5) is 22.3. The summed E-state index contributed by atoms with van der Waals surface area (Å²) in [5.74, 6) is 1.27. The van der Waals surface area contributed by atoms with E-state index in [1.165, 1.54) is 5.56 Å². The molecule has 1 aliphatic heterocycles.